The highest BCUT2D eigenvalue weighted by Crippen LogP contribution is 2.53. The van der Waals surface area contributed by atoms with Crippen LogP contribution < -0.4 is 0 Å². The number of ether oxygens (including phenoxy) is 4. The van der Waals surface area contributed by atoms with E-state index in [1.165, 1.54) is 0 Å². The van der Waals surface area contributed by atoms with Crippen LogP contribution in [0.3, 0.4) is 0 Å². The number of halogens is 1. The molecule has 3 atom stereocenters. The second kappa shape index (κ2) is 4.03. The van der Waals surface area contributed by atoms with E-state index in [4.69, 9.17) is 18.9 Å². The van der Waals surface area contributed by atoms with Crippen molar-refractivity contribution >= 4 is 15.9 Å². The van der Waals surface area contributed by atoms with E-state index < -0.39 is 11.6 Å². The van der Waals surface area contributed by atoms with E-state index in [0.717, 1.165) is 12.8 Å². The summed E-state index contributed by atoms with van der Waals surface area (Å²) in [7, 11) is 0. The third-order valence-electron chi connectivity index (χ3n) is 4.59. The van der Waals surface area contributed by atoms with Gasteiger partial charge in [0.15, 0.2) is 11.6 Å². The lowest BCUT2D eigenvalue weighted by Gasteiger charge is -2.50. The van der Waals surface area contributed by atoms with Gasteiger partial charge in [-0.15, -0.1) is 0 Å². The van der Waals surface area contributed by atoms with Crippen molar-refractivity contribution in [1.29, 1.82) is 0 Å². The Morgan fingerprint density at radius 3 is 2.33 bits per heavy atom. The molecule has 2 saturated heterocycles. The van der Waals surface area contributed by atoms with Gasteiger partial charge in [-0.3, -0.25) is 0 Å². The SMILES string of the molecule is Br[C@H]1C[C@@H]2C[C@@H](C=CC23OCCO3)C12OCCO2. The Morgan fingerprint density at radius 2 is 1.61 bits per heavy atom. The summed E-state index contributed by atoms with van der Waals surface area (Å²) in [5, 5.41) is 0. The summed E-state index contributed by atoms with van der Waals surface area (Å²) in [6.07, 6.45) is 6.23. The number of hydrogen-bond acceptors (Lipinski definition) is 4. The quantitative estimate of drug-likeness (QED) is 0.505. The van der Waals surface area contributed by atoms with Crippen molar-refractivity contribution in [3.63, 3.8) is 0 Å². The largest absolute Gasteiger partial charge is 0.346 e. The van der Waals surface area contributed by atoms with Gasteiger partial charge < -0.3 is 18.9 Å². The average Bonchev–Trinajstić information content (AvgIpc) is 3.02. The lowest BCUT2D eigenvalue weighted by Crippen LogP contribution is -2.57. The van der Waals surface area contributed by atoms with E-state index in [2.05, 4.69) is 28.1 Å². The summed E-state index contributed by atoms with van der Waals surface area (Å²) in [4.78, 5) is 0.200. The van der Waals surface area contributed by atoms with E-state index in [-0.39, 0.29) is 4.83 Å². The predicted octanol–water partition coefficient (Wildman–Crippen LogP) is 1.83. The first-order valence-corrected chi connectivity index (χ1v) is 7.56. The van der Waals surface area contributed by atoms with Crippen LogP contribution in [0.2, 0.25) is 0 Å². The molecule has 2 aliphatic heterocycles. The molecule has 4 rings (SSSR count). The monoisotopic (exact) mass is 316 g/mol. The molecule has 2 bridgehead atoms. The van der Waals surface area contributed by atoms with Gasteiger partial charge in [0.25, 0.3) is 0 Å². The molecule has 0 amide bonds. The van der Waals surface area contributed by atoms with Crippen LogP contribution in [0.25, 0.3) is 0 Å². The first kappa shape index (κ1) is 11.9. The van der Waals surface area contributed by atoms with Gasteiger partial charge in [-0.05, 0) is 18.9 Å². The van der Waals surface area contributed by atoms with Crippen LogP contribution in [0, 0.1) is 11.8 Å². The van der Waals surface area contributed by atoms with Gasteiger partial charge in [0, 0.05) is 11.8 Å². The zero-order valence-corrected chi connectivity index (χ0v) is 11.7. The maximum atomic E-state index is 5.93. The van der Waals surface area contributed by atoms with Gasteiger partial charge in [0.1, 0.15) is 0 Å². The zero-order chi connectivity index (χ0) is 12.2. The van der Waals surface area contributed by atoms with Crippen molar-refractivity contribution in [2.75, 3.05) is 26.4 Å². The summed E-state index contributed by atoms with van der Waals surface area (Å²) in [6.45, 7) is 2.76. The minimum absolute atomic E-state index is 0.200. The molecule has 2 spiro atoms. The Hall–Kier alpha value is 0.0600. The molecule has 0 radical (unpaired) electrons. The topological polar surface area (TPSA) is 36.9 Å². The second-order valence-corrected chi connectivity index (χ2v) is 6.54. The average molecular weight is 317 g/mol. The molecule has 0 aromatic heterocycles. The highest BCUT2D eigenvalue weighted by molar-refractivity contribution is 9.09. The molecule has 5 heteroatoms. The van der Waals surface area contributed by atoms with Gasteiger partial charge in [0.2, 0.25) is 0 Å². The summed E-state index contributed by atoms with van der Waals surface area (Å²) in [6, 6.07) is 0. The number of hydrogen-bond donors (Lipinski definition) is 0. The lowest BCUT2D eigenvalue weighted by molar-refractivity contribution is -0.238. The minimum Gasteiger partial charge on any atom is -0.346 e. The molecule has 4 aliphatic rings. The van der Waals surface area contributed by atoms with Crippen LogP contribution >= 0.6 is 15.9 Å². The maximum absolute atomic E-state index is 5.93. The third kappa shape index (κ3) is 1.45. The van der Waals surface area contributed by atoms with Crippen molar-refractivity contribution in [2.24, 2.45) is 11.8 Å². The van der Waals surface area contributed by atoms with E-state index in [0.29, 0.717) is 38.3 Å². The first-order valence-electron chi connectivity index (χ1n) is 6.64. The molecule has 3 fully saturated rings. The Labute approximate surface area is 115 Å². The molecule has 4 nitrogen and oxygen atoms in total. The Kier molecular flexibility index (Phi) is 2.65. The summed E-state index contributed by atoms with van der Waals surface area (Å²) in [5.74, 6) is -0.269. The first-order chi connectivity index (χ1) is 8.75. The molecule has 0 aromatic carbocycles. The fourth-order valence-corrected chi connectivity index (χ4v) is 4.81. The van der Waals surface area contributed by atoms with Gasteiger partial charge in [-0.2, -0.15) is 0 Å². The van der Waals surface area contributed by atoms with Crippen molar-refractivity contribution in [3.8, 4) is 0 Å². The standard InChI is InChI=1S/C13H17BrO4/c14-11-8-10-7-9(13(11)17-5-6-18-13)1-2-12(10)15-3-4-16-12/h1-2,9-11H,3-8H2/t9-,10+,11+/m1/s1. The summed E-state index contributed by atoms with van der Waals surface area (Å²) < 4.78 is 23.6. The van der Waals surface area contributed by atoms with Crippen LogP contribution in [0.1, 0.15) is 12.8 Å². The van der Waals surface area contributed by atoms with Gasteiger partial charge >= 0.3 is 0 Å². The van der Waals surface area contributed by atoms with Crippen LogP contribution in [0.5, 0.6) is 0 Å². The second-order valence-electron chi connectivity index (χ2n) is 5.44. The van der Waals surface area contributed by atoms with Gasteiger partial charge in [-0.1, -0.05) is 22.0 Å². The summed E-state index contributed by atoms with van der Waals surface area (Å²) >= 11 is 3.76. The van der Waals surface area contributed by atoms with E-state index in [1.54, 1.807) is 0 Å². The van der Waals surface area contributed by atoms with E-state index in [1.807, 2.05) is 0 Å². The molecule has 2 heterocycles. The normalized spacial score (nSPS) is 43.9. The van der Waals surface area contributed by atoms with Crippen molar-refractivity contribution in [2.45, 2.75) is 29.2 Å². The minimum atomic E-state index is -0.483. The number of rotatable bonds is 0. The van der Waals surface area contributed by atoms with Crippen LogP contribution in [-0.4, -0.2) is 42.8 Å². The molecule has 1 saturated carbocycles. The van der Waals surface area contributed by atoms with Crippen molar-refractivity contribution < 1.29 is 18.9 Å². The molecule has 0 N–H and O–H groups in total. The van der Waals surface area contributed by atoms with E-state index in [9.17, 15) is 0 Å². The zero-order valence-electron chi connectivity index (χ0n) is 10.1. The van der Waals surface area contributed by atoms with Crippen LogP contribution in [-0.2, 0) is 18.9 Å². The smallest absolute Gasteiger partial charge is 0.190 e. The Balaban J connectivity index is 1.69. The molecule has 100 valence electrons. The van der Waals surface area contributed by atoms with Crippen molar-refractivity contribution in [1.82, 2.24) is 0 Å². The fraction of sp³-hybridized carbons (Fsp3) is 0.846. The third-order valence-corrected chi connectivity index (χ3v) is 5.60. The fourth-order valence-electron chi connectivity index (χ4n) is 3.76. The predicted molar refractivity (Wildman–Crippen MR) is 67.3 cm³/mol. The number of alkyl halides is 1. The number of fused-ring (bicyclic) bond motifs is 4. The molecule has 2 aliphatic carbocycles. The molecule has 0 aromatic rings. The lowest BCUT2D eigenvalue weighted by atomic mass is 9.69. The molecule has 18 heavy (non-hydrogen) atoms. The highest BCUT2D eigenvalue weighted by atomic mass is 79.9. The maximum Gasteiger partial charge on any atom is 0.190 e. The highest BCUT2D eigenvalue weighted by Gasteiger charge is 2.59. The van der Waals surface area contributed by atoms with Gasteiger partial charge in [-0.25, -0.2) is 0 Å². The Bertz CT molecular complexity index is 371. The molecular formula is C13H17BrO4. The van der Waals surface area contributed by atoms with Crippen molar-refractivity contribution in [3.05, 3.63) is 12.2 Å². The van der Waals surface area contributed by atoms with E-state index >= 15 is 0 Å². The Morgan fingerprint density at radius 1 is 0.944 bits per heavy atom. The van der Waals surface area contributed by atoms with Gasteiger partial charge in [0.05, 0.1) is 31.3 Å². The van der Waals surface area contributed by atoms with Crippen LogP contribution in [0.4, 0.5) is 0 Å². The molecular weight excluding hydrogens is 300 g/mol. The van der Waals surface area contributed by atoms with Crippen LogP contribution in [0.15, 0.2) is 12.2 Å². The molecule has 0 unspecified atom stereocenters. The summed E-state index contributed by atoms with van der Waals surface area (Å²) in [5.41, 5.74) is 0.